The van der Waals surface area contributed by atoms with Crippen LogP contribution in [0.4, 0.5) is 4.79 Å². The number of benzene rings is 1. The predicted molar refractivity (Wildman–Crippen MR) is 100 cm³/mol. The molecule has 1 aromatic rings. The number of hydrogen-bond acceptors (Lipinski definition) is 3. The molecule has 2 heterocycles. The molecule has 5 heteroatoms. The van der Waals surface area contributed by atoms with Gasteiger partial charge in [0.25, 0.3) is 5.91 Å². The third-order valence-corrected chi connectivity index (χ3v) is 4.88. The fraction of sp³-hybridized carbons (Fsp3) is 0.429. The molecule has 3 rings (SSSR count). The van der Waals surface area contributed by atoms with Crippen LogP contribution in [0.5, 0.6) is 0 Å². The zero-order valence-electron chi connectivity index (χ0n) is 16.0. The third kappa shape index (κ3) is 3.14. The Labute approximate surface area is 154 Å². The van der Waals surface area contributed by atoms with E-state index < -0.39 is 11.7 Å². The van der Waals surface area contributed by atoms with Gasteiger partial charge in [0.1, 0.15) is 5.60 Å². The predicted octanol–water partition coefficient (Wildman–Crippen LogP) is 4.38. The van der Waals surface area contributed by atoms with Crippen molar-refractivity contribution in [2.75, 3.05) is 0 Å². The lowest BCUT2D eigenvalue weighted by Crippen LogP contribution is -2.47. The van der Waals surface area contributed by atoms with E-state index >= 15 is 0 Å². The number of amides is 2. The summed E-state index contributed by atoms with van der Waals surface area (Å²) in [5, 5.41) is 0. The summed E-state index contributed by atoms with van der Waals surface area (Å²) >= 11 is 0. The Hall–Kier alpha value is -2.56. The lowest BCUT2D eigenvalue weighted by Gasteiger charge is -2.40. The van der Waals surface area contributed by atoms with Gasteiger partial charge >= 0.3 is 6.09 Å². The highest BCUT2D eigenvalue weighted by molar-refractivity contribution is 5.99. The van der Waals surface area contributed by atoms with Crippen molar-refractivity contribution in [3.63, 3.8) is 0 Å². The Bertz CT molecular complexity index is 804. The molecule has 138 valence electrons. The molecule has 0 aromatic heterocycles. The van der Waals surface area contributed by atoms with Crippen molar-refractivity contribution in [3.05, 3.63) is 59.4 Å². The zero-order chi connectivity index (χ0) is 19.2. The van der Waals surface area contributed by atoms with Gasteiger partial charge in [-0.3, -0.25) is 9.69 Å². The first-order valence-electron chi connectivity index (χ1n) is 8.89. The molecule has 1 saturated heterocycles. The topological polar surface area (TPSA) is 49.9 Å². The molecule has 1 fully saturated rings. The van der Waals surface area contributed by atoms with Crippen LogP contribution in [-0.4, -0.2) is 33.4 Å². The van der Waals surface area contributed by atoms with Gasteiger partial charge in [0, 0.05) is 23.5 Å². The molecule has 2 aliphatic rings. The minimum atomic E-state index is -0.610. The fourth-order valence-electron chi connectivity index (χ4n) is 3.58. The number of carbonyl (C=O) groups excluding carboxylic acids is 2. The fourth-order valence-corrected chi connectivity index (χ4v) is 3.58. The monoisotopic (exact) mass is 354 g/mol. The Morgan fingerprint density at radius 1 is 1.27 bits per heavy atom. The summed E-state index contributed by atoms with van der Waals surface area (Å²) in [6.45, 7) is 16.1. The third-order valence-electron chi connectivity index (χ3n) is 4.88. The van der Waals surface area contributed by atoms with Crippen molar-refractivity contribution in [1.82, 2.24) is 9.80 Å². The maximum absolute atomic E-state index is 12.9. The molecule has 26 heavy (non-hydrogen) atoms. The standard InChI is InChI=1S/C21H26N2O3/c1-13-8-7-9-16-17(13)12-22(19(16)24)18-11-10-14(2)23(15(18)3)20(25)26-21(4,5)6/h7-9,18H,2-3,10-12H2,1,4-6H3. The average Bonchev–Trinajstić information content (AvgIpc) is 2.84. The second kappa shape index (κ2) is 6.31. The molecule has 0 saturated carbocycles. The number of rotatable bonds is 1. The molecule has 5 nitrogen and oxygen atoms in total. The summed E-state index contributed by atoms with van der Waals surface area (Å²) in [5.41, 5.74) is 3.49. The second-order valence-corrected chi connectivity index (χ2v) is 7.96. The van der Waals surface area contributed by atoms with Crippen LogP contribution in [0.2, 0.25) is 0 Å². The maximum Gasteiger partial charge on any atom is 0.418 e. The van der Waals surface area contributed by atoms with Gasteiger partial charge in [0.05, 0.1) is 6.04 Å². The average molecular weight is 354 g/mol. The lowest BCUT2D eigenvalue weighted by molar-refractivity contribution is 0.0291. The second-order valence-electron chi connectivity index (χ2n) is 7.96. The van der Waals surface area contributed by atoms with Gasteiger partial charge in [0.15, 0.2) is 0 Å². The van der Waals surface area contributed by atoms with Crippen molar-refractivity contribution >= 4 is 12.0 Å². The number of piperidine rings is 1. The zero-order valence-corrected chi connectivity index (χ0v) is 16.0. The Kier molecular flexibility index (Phi) is 4.42. The van der Waals surface area contributed by atoms with E-state index in [2.05, 4.69) is 13.2 Å². The summed E-state index contributed by atoms with van der Waals surface area (Å²) in [7, 11) is 0. The molecule has 0 N–H and O–H groups in total. The number of carbonyl (C=O) groups is 2. The molecule has 1 aromatic carbocycles. The van der Waals surface area contributed by atoms with Crippen LogP contribution in [0.1, 0.15) is 55.1 Å². The van der Waals surface area contributed by atoms with Crippen molar-refractivity contribution in [2.24, 2.45) is 0 Å². The number of fused-ring (bicyclic) bond motifs is 1. The number of allylic oxidation sites excluding steroid dienone is 1. The van der Waals surface area contributed by atoms with Crippen LogP contribution in [0.15, 0.2) is 42.8 Å². The van der Waals surface area contributed by atoms with Gasteiger partial charge in [-0.05, 0) is 57.7 Å². The molecule has 0 bridgehead atoms. The number of hydrogen-bond donors (Lipinski definition) is 0. The van der Waals surface area contributed by atoms with E-state index in [0.717, 1.165) is 16.7 Å². The van der Waals surface area contributed by atoms with Crippen LogP contribution < -0.4 is 0 Å². The molecular weight excluding hydrogens is 328 g/mol. The van der Waals surface area contributed by atoms with Gasteiger partial charge < -0.3 is 9.64 Å². The van der Waals surface area contributed by atoms with Gasteiger partial charge in [0.2, 0.25) is 0 Å². The van der Waals surface area contributed by atoms with Crippen LogP contribution in [0, 0.1) is 6.92 Å². The lowest BCUT2D eigenvalue weighted by atomic mass is 9.98. The van der Waals surface area contributed by atoms with E-state index in [1.54, 1.807) is 0 Å². The van der Waals surface area contributed by atoms with Crippen LogP contribution >= 0.6 is 0 Å². The molecular formula is C21H26N2O3. The number of aryl methyl sites for hydroxylation is 1. The Morgan fingerprint density at radius 2 is 1.96 bits per heavy atom. The van der Waals surface area contributed by atoms with E-state index in [1.165, 1.54) is 4.90 Å². The molecule has 2 amide bonds. The van der Waals surface area contributed by atoms with Crippen LogP contribution in [0.3, 0.4) is 0 Å². The minimum absolute atomic E-state index is 0.00787. The van der Waals surface area contributed by atoms with Crippen molar-refractivity contribution in [1.29, 1.82) is 0 Å². The van der Waals surface area contributed by atoms with Crippen molar-refractivity contribution < 1.29 is 14.3 Å². The molecule has 2 aliphatic heterocycles. The summed E-state index contributed by atoms with van der Waals surface area (Å²) in [6.07, 6.45) is 0.829. The molecule has 0 aliphatic carbocycles. The highest BCUT2D eigenvalue weighted by Gasteiger charge is 2.40. The largest absolute Gasteiger partial charge is 0.443 e. The first kappa shape index (κ1) is 18.2. The molecule has 0 radical (unpaired) electrons. The van der Waals surface area contributed by atoms with Crippen LogP contribution in [0.25, 0.3) is 0 Å². The normalized spacial score (nSPS) is 20.5. The first-order valence-corrected chi connectivity index (χ1v) is 8.89. The summed E-state index contributed by atoms with van der Waals surface area (Å²) in [6, 6.07) is 5.54. The smallest absolute Gasteiger partial charge is 0.418 e. The summed E-state index contributed by atoms with van der Waals surface area (Å²) in [5.74, 6) is -0.00787. The van der Waals surface area contributed by atoms with E-state index in [4.69, 9.17) is 4.74 Å². The van der Waals surface area contributed by atoms with Gasteiger partial charge in [-0.25, -0.2) is 4.79 Å². The Balaban J connectivity index is 1.85. The first-order chi connectivity index (χ1) is 12.1. The van der Waals surface area contributed by atoms with Crippen LogP contribution in [-0.2, 0) is 11.3 Å². The van der Waals surface area contributed by atoms with Crippen molar-refractivity contribution in [2.45, 2.75) is 58.7 Å². The van der Waals surface area contributed by atoms with Gasteiger partial charge in [-0.1, -0.05) is 25.3 Å². The Morgan fingerprint density at radius 3 is 2.58 bits per heavy atom. The SMILES string of the molecule is C=C1CCC(N2Cc3c(C)cccc3C2=O)C(=C)N1C(=O)OC(C)(C)C. The van der Waals surface area contributed by atoms with E-state index in [0.29, 0.717) is 30.8 Å². The minimum Gasteiger partial charge on any atom is -0.443 e. The quantitative estimate of drug-likeness (QED) is 0.752. The van der Waals surface area contributed by atoms with E-state index in [1.807, 2.05) is 50.8 Å². The molecule has 1 atom stereocenters. The maximum atomic E-state index is 12.9. The number of ether oxygens (including phenoxy) is 1. The summed E-state index contributed by atoms with van der Waals surface area (Å²) < 4.78 is 5.50. The van der Waals surface area contributed by atoms with Crippen molar-refractivity contribution in [3.8, 4) is 0 Å². The highest BCUT2D eigenvalue weighted by Crippen LogP contribution is 2.36. The number of likely N-dealkylation sites (tertiary alicyclic amines) is 1. The van der Waals surface area contributed by atoms with Gasteiger partial charge in [-0.15, -0.1) is 0 Å². The van der Waals surface area contributed by atoms with E-state index in [-0.39, 0.29) is 11.9 Å². The summed E-state index contributed by atoms with van der Waals surface area (Å²) in [4.78, 5) is 28.8. The van der Waals surface area contributed by atoms with Gasteiger partial charge in [-0.2, -0.15) is 0 Å². The molecule has 0 spiro atoms. The number of nitrogens with zero attached hydrogens (tertiary/aromatic N) is 2. The highest BCUT2D eigenvalue weighted by atomic mass is 16.6. The molecule has 1 unspecified atom stereocenters. The van der Waals surface area contributed by atoms with E-state index in [9.17, 15) is 9.59 Å².